The summed E-state index contributed by atoms with van der Waals surface area (Å²) in [4.78, 5) is 14.5. The first-order chi connectivity index (χ1) is 11.3. The van der Waals surface area contributed by atoms with Crippen molar-refractivity contribution in [1.29, 1.82) is 0 Å². The SMILES string of the molecule is Cl.NC[C@H]1CC[C@@H](C(=O)N2CCC(CCc3ccccc3)CC2)O1. The van der Waals surface area contributed by atoms with Crippen molar-refractivity contribution in [2.75, 3.05) is 19.6 Å². The van der Waals surface area contributed by atoms with Gasteiger partial charge in [0.1, 0.15) is 6.10 Å². The quantitative estimate of drug-likeness (QED) is 0.886. The Kier molecular flexibility index (Phi) is 7.53. The number of nitrogens with zero attached hydrogens (tertiary/aromatic N) is 1. The fourth-order valence-corrected chi connectivity index (χ4v) is 3.72. The summed E-state index contributed by atoms with van der Waals surface area (Å²) in [6.07, 6.45) is 6.17. The van der Waals surface area contributed by atoms with E-state index >= 15 is 0 Å². The van der Waals surface area contributed by atoms with Crippen molar-refractivity contribution >= 4 is 18.3 Å². The molecule has 2 aliphatic rings. The molecule has 2 aliphatic heterocycles. The van der Waals surface area contributed by atoms with Gasteiger partial charge < -0.3 is 15.4 Å². The molecule has 4 nitrogen and oxygen atoms in total. The molecule has 0 unspecified atom stereocenters. The van der Waals surface area contributed by atoms with E-state index in [2.05, 4.69) is 30.3 Å². The second kappa shape index (κ2) is 9.40. The molecule has 0 spiro atoms. The van der Waals surface area contributed by atoms with Gasteiger partial charge in [-0.25, -0.2) is 0 Å². The van der Waals surface area contributed by atoms with Gasteiger partial charge in [-0.2, -0.15) is 0 Å². The van der Waals surface area contributed by atoms with Crippen molar-refractivity contribution in [3.8, 4) is 0 Å². The van der Waals surface area contributed by atoms with Gasteiger partial charge in [0, 0.05) is 19.6 Å². The normalized spacial score (nSPS) is 24.6. The van der Waals surface area contributed by atoms with Gasteiger partial charge in [0.05, 0.1) is 6.10 Å². The van der Waals surface area contributed by atoms with Gasteiger partial charge >= 0.3 is 0 Å². The highest BCUT2D eigenvalue weighted by molar-refractivity contribution is 5.85. The van der Waals surface area contributed by atoms with Crippen LogP contribution in [0.25, 0.3) is 0 Å². The Morgan fingerprint density at radius 2 is 1.83 bits per heavy atom. The van der Waals surface area contributed by atoms with Crippen LogP contribution in [0, 0.1) is 5.92 Å². The Hall–Kier alpha value is -1.10. The Morgan fingerprint density at radius 1 is 1.12 bits per heavy atom. The molecule has 1 aromatic carbocycles. The zero-order valence-corrected chi connectivity index (χ0v) is 15.0. The number of carbonyl (C=O) groups excluding carboxylic acids is 1. The second-order valence-corrected chi connectivity index (χ2v) is 6.85. The first-order valence-corrected chi connectivity index (χ1v) is 8.94. The molecule has 2 atom stereocenters. The van der Waals surface area contributed by atoms with E-state index in [1.165, 1.54) is 12.0 Å². The van der Waals surface area contributed by atoms with E-state index in [1.807, 2.05) is 4.90 Å². The molecule has 2 N–H and O–H groups in total. The molecule has 0 saturated carbocycles. The zero-order valence-electron chi connectivity index (χ0n) is 14.2. The Labute approximate surface area is 151 Å². The van der Waals surface area contributed by atoms with E-state index in [9.17, 15) is 4.79 Å². The number of rotatable bonds is 5. The molecule has 24 heavy (non-hydrogen) atoms. The second-order valence-electron chi connectivity index (χ2n) is 6.85. The van der Waals surface area contributed by atoms with E-state index < -0.39 is 0 Å². The van der Waals surface area contributed by atoms with Crippen molar-refractivity contribution in [2.24, 2.45) is 11.7 Å². The van der Waals surface area contributed by atoms with Crippen LogP contribution in [0.3, 0.4) is 0 Å². The van der Waals surface area contributed by atoms with Gasteiger partial charge in [0.15, 0.2) is 0 Å². The number of aryl methyl sites for hydroxylation is 1. The average molecular weight is 353 g/mol. The molecule has 1 aromatic rings. The summed E-state index contributed by atoms with van der Waals surface area (Å²) in [5, 5.41) is 0. The third kappa shape index (κ3) is 4.95. The minimum atomic E-state index is -0.246. The lowest BCUT2D eigenvalue weighted by molar-refractivity contribution is -0.144. The lowest BCUT2D eigenvalue weighted by Crippen LogP contribution is -2.44. The predicted molar refractivity (Wildman–Crippen MR) is 98.3 cm³/mol. The van der Waals surface area contributed by atoms with Crippen LogP contribution >= 0.6 is 12.4 Å². The van der Waals surface area contributed by atoms with Crippen molar-refractivity contribution in [3.63, 3.8) is 0 Å². The van der Waals surface area contributed by atoms with Crippen LogP contribution < -0.4 is 5.73 Å². The van der Waals surface area contributed by atoms with Gasteiger partial charge in [0.2, 0.25) is 0 Å². The van der Waals surface area contributed by atoms with Gasteiger partial charge in [0.25, 0.3) is 5.91 Å². The Balaban J connectivity index is 0.00000208. The molecule has 0 aromatic heterocycles. The number of hydrogen-bond acceptors (Lipinski definition) is 3. The highest BCUT2D eigenvalue weighted by atomic mass is 35.5. The number of halogens is 1. The van der Waals surface area contributed by atoms with E-state index in [4.69, 9.17) is 10.5 Å². The highest BCUT2D eigenvalue weighted by Crippen LogP contribution is 2.26. The van der Waals surface area contributed by atoms with Crippen LogP contribution in [0.5, 0.6) is 0 Å². The average Bonchev–Trinajstić information content (AvgIpc) is 3.10. The zero-order chi connectivity index (χ0) is 16.1. The standard InChI is InChI=1S/C19H28N2O2.ClH/c20-14-17-8-9-18(23-17)19(22)21-12-10-16(11-13-21)7-6-15-4-2-1-3-5-15;/h1-5,16-18H,6-14,20H2;1H/t17-,18+;/m1./s1. The molecular weight excluding hydrogens is 324 g/mol. The van der Waals surface area contributed by atoms with Crippen LogP contribution in [0.1, 0.15) is 37.7 Å². The number of ether oxygens (including phenoxy) is 1. The molecular formula is C19H29ClN2O2. The molecule has 2 fully saturated rings. The number of benzene rings is 1. The molecule has 0 aliphatic carbocycles. The highest BCUT2D eigenvalue weighted by Gasteiger charge is 2.34. The van der Waals surface area contributed by atoms with Crippen LogP contribution in [0.4, 0.5) is 0 Å². The topological polar surface area (TPSA) is 55.6 Å². The van der Waals surface area contributed by atoms with Gasteiger partial charge in [-0.3, -0.25) is 4.79 Å². The monoisotopic (exact) mass is 352 g/mol. The maximum Gasteiger partial charge on any atom is 0.251 e. The molecule has 2 heterocycles. The van der Waals surface area contributed by atoms with Crippen LogP contribution in [0.2, 0.25) is 0 Å². The molecule has 0 radical (unpaired) electrons. The number of carbonyl (C=O) groups is 1. The largest absolute Gasteiger partial charge is 0.364 e. The summed E-state index contributed by atoms with van der Waals surface area (Å²) in [6, 6.07) is 10.7. The fraction of sp³-hybridized carbons (Fsp3) is 0.632. The summed E-state index contributed by atoms with van der Waals surface area (Å²) in [5.41, 5.74) is 7.04. The summed E-state index contributed by atoms with van der Waals surface area (Å²) in [7, 11) is 0. The van der Waals surface area contributed by atoms with Crippen molar-refractivity contribution in [1.82, 2.24) is 4.90 Å². The van der Waals surface area contributed by atoms with Gasteiger partial charge in [-0.1, -0.05) is 30.3 Å². The summed E-state index contributed by atoms with van der Waals surface area (Å²) >= 11 is 0. The predicted octanol–water partition coefficient (Wildman–Crippen LogP) is 2.79. The van der Waals surface area contributed by atoms with Gasteiger partial charge in [-0.15, -0.1) is 12.4 Å². The number of nitrogens with two attached hydrogens (primary N) is 1. The number of hydrogen-bond donors (Lipinski definition) is 1. The van der Waals surface area contributed by atoms with E-state index in [0.29, 0.717) is 6.54 Å². The van der Waals surface area contributed by atoms with E-state index in [0.717, 1.165) is 51.1 Å². The minimum absolute atomic E-state index is 0. The van der Waals surface area contributed by atoms with Crippen molar-refractivity contribution in [2.45, 2.75) is 50.7 Å². The van der Waals surface area contributed by atoms with E-state index in [1.54, 1.807) is 0 Å². The van der Waals surface area contributed by atoms with Crippen molar-refractivity contribution < 1.29 is 9.53 Å². The number of likely N-dealkylation sites (tertiary alicyclic amines) is 1. The lowest BCUT2D eigenvalue weighted by atomic mass is 9.90. The van der Waals surface area contributed by atoms with Gasteiger partial charge in [-0.05, 0) is 50.0 Å². The third-order valence-corrected chi connectivity index (χ3v) is 5.26. The molecule has 5 heteroatoms. The molecule has 0 bridgehead atoms. The first-order valence-electron chi connectivity index (χ1n) is 8.94. The maximum absolute atomic E-state index is 12.5. The summed E-state index contributed by atoms with van der Waals surface area (Å²) < 4.78 is 5.74. The number of amides is 1. The maximum atomic E-state index is 12.5. The molecule has 3 rings (SSSR count). The first kappa shape index (κ1) is 19.2. The van der Waals surface area contributed by atoms with E-state index in [-0.39, 0.29) is 30.5 Å². The lowest BCUT2D eigenvalue weighted by Gasteiger charge is -2.33. The molecule has 2 saturated heterocycles. The molecule has 1 amide bonds. The van der Waals surface area contributed by atoms with Crippen LogP contribution in [0.15, 0.2) is 30.3 Å². The minimum Gasteiger partial charge on any atom is -0.364 e. The van der Waals surface area contributed by atoms with Crippen LogP contribution in [-0.2, 0) is 16.0 Å². The summed E-state index contributed by atoms with van der Waals surface area (Å²) in [5.74, 6) is 0.919. The molecule has 134 valence electrons. The van der Waals surface area contributed by atoms with Crippen LogP contribution in [-0.4, -0.2) is 42.6 Å². The third-order valence-electron chi connectivity index (χ3n) is 5.26. The van der Waals surface area contributed by atoms with Crippen molar-refractivity contribution in [3.05, 3.63) is 35.9 Å². The summed E-state index contributed by atoms with van der Waals surface area (Å²) in [6.45, 7) is 2.28. The number of piperidine rings is 1. The Bertz CT molecular complexity index is 503. The fourth-order valence-electron chi connectivity index (χ4n) is 3.72. The Morgan fingerprint density at radius 3 is 2.46 bits per heavy atom. The smallest absolute Gasteiger partial charge is 0.251 e.